The summed E-state index contributed by atoms with van der Waals surface area (Å²) in [6.07, 6.45) is 1.81. The summed E-state index contributed by atoms with van der Waals surface area (Å²) >= 11 is 0. The van der Waals surface area contributed by atoms with Gasteiger partial charge in [-0.15, -0.1) is 0 Å². The van der Waals surface area contributed by atoms with E-state index in [0.29, 0.717) is 7.69 Å². The van der Waals surface area contributed by atoms with Crippen molar-refractivity contribution in [1.29, 1.82) is 0 Å². The summed E-state index contributed by atoms with van der Waals surface area (Å²) in [6.45, 7) is 8.17. The van der Waals surface area contributed by atoms with Gasteiger partial charge in [0.2, 0.25) is 0 Å². The second kappa shape index (κ2) is 4.74. The normalized spacial score (nSPS) is 20.0. The molecule has 0 amide bonds. The molecule has 0 unspecified atom stereocenters. The van der Waals surface area contributed by atoms with E-state index in [1.54, 1.807) is 0 Å². The SMILES string of the molecule is CC1(C)OBOC1(C)C.c1ccc2[nH]ncc2c1. The topological polar surface area (TPSA) is 47.1 Å². The lowest BCUT2D eigenvalue weighted by Crippen LogP contribution is -2.41. The zero-order chi connectivity index (χ0) is 13.2. The molecule has 0 aliphatic carbocycles. The number of aromatic nitrogens is 2. The molecule has 0 bridgehead atoms. The van der Waals surface area contributed by atoms with Crippen molar-refractivity contribution in [1.82, 2.24) is 10.2 Å². The number of nitrogens with one attached hydrogen (secondary N) is 1. The fourth-order valence-electron chi connectivity index (χ4n) is 1.55. The molecule has 0 spiro atoms. The first-order valence-corrected chi connectivity index (χ1v) is 6.08. The van der Waals surface area contributed by atoms with E-state index in [4.69, 9.17) is 9.31 Å². The molecule has 0 radical (unpaired) electrons. The molecule has 1 aromatic carbocycles. The van der Waals surface area contributed by atoms with E-state index in [0.717, 1.165) is 10.9 Å². The van der Waals surface area contributed by atoms with Crippen molar-refractivity contribution in [3.05, 3.63) is 30.5 Å². The smallest absolute Gasteiger partial charge is 0.406 e. The number of H-pyrrole nitrogens is 1. The number of fused-ring (bicyclic) bond motifs is 1. The molecule has 1 aliphatic rings. The molecule has 4 nitrogen and oxygen atoms in total. The Labute approximate surface area is 108 Å². The van der Waals surface area contributed by atoms with Crippen LogP contribution in [0.1, 0.15) is 27.7 Å². The maximum atomic E-state index is 5.33. The number of hydrogen-bond donors (Lipinski definition) is 1. The quantitative estimate of drug-likeness (QED) is 0.726. The van der Waals surface area contributed by atoms with Gasteiger partial charge in [0, 0.05) is 5.39 Å². The van der Waals surface area contributed by atoms with Crippen molar-refractivity contribution in [3.8, 4) is 0 Å². The van der Waals surface area contributed by atoms with E-state index >= 15 is 0 Å². The van der Waals surface area contributed by atoms with Crippen LogP contribution in [0.25, 0.3) is 10.9 Å². The summed E-state index contributed by atoms with van der Waals surface area (Å²) in [5.41, 5.74) is 0.831. The van der Waals surface area contributed by atoms with Gasteiger partial charge in [-0.05, 0) is 33.8 Å². The monoisotopic (exact) mass is 246 g/mol. The van der Waals surface area contributed by atoms with Gasteiger partial charge in [-0.2, -0.15) is 5.10 Å². The molecule has 1 aliphatic heterocycles. The molecular weight excluding hydrogens is 227 g/mol. The average Bonchev–Trinajstić information content (AvgIpc) is 2.85. The number of hydrogen-bond acceptors (Lipinski definition) is 3. The van der Waals surface area contributed by atoms with E-state index in [2.05, 4.69) is 10.2 Å². The Balaban J connectivity index is 0.000000134. The van der Waals surface area contributed by atoms with Crippen LogP contribution in [0.2, 0.25) is 0 Å². The van der Waals surface area contributed by atoms with Crippen molar-refractivity contribution in [2.24, 2.45) is 0 Å². The van der Waals surface area contributed by atoms with Crippen LogP contribution in [-0.2, 0) is 9.31 Å². The molecule has 1 aromatic heterocycles. The van der Waals surface area contributed by atoms with Crippen molar-refractivity contribution < 1.29 is 9.31 Å². The van der Waals surface area contributed by atoms with Gasteiger partial charge in [0.25, 0.3) is 0 Å². The third-order valence-electron chi connectivity index (χ3n) is 3.64. The summed E-state index contributed by atoms with van der Waals surface area (Å²) < 4.78 is 10.7. The fourth-order valence-corrected chi connectivity index (χ4v) is 1.55. The average molecular weight is 246 g/mol. The van der Waals surface area contributed by atoms with Gasteiger partial charge in [-0.1, -0.05) is 18.2 Å². The maximum absolute atomic E-state index is 5.33. The zero-order valence-corrected chi connectivity index (χ0v) is 11.4. The Hall–Kier alpha value is -1.33. The molecule has 1 N–H and O–H groups in total. The van der Waals surface area contributed by atoms with Gasteiger partial charge in [-0.25, -0.2) is 0 Å². The second-order valence-electron chi connectivity index (χ2n) is 5.38. The van der Waals surface area contributed by atoms with Gasteiger partial charge in [-0.3, -0.25) is 5.10 Å². The third-order valence-corrected chi connectivity index (χ3v) is 3.64. The van der Waals surface area contributed by atoms with Crippen LogP contribution in [0.15, 0.2) is 30.5 Å². The van der Waals surface area contributed by atoms with Gasteiger partial charge in [0.05, 0.1) is 22.9 Å². The number of para-hydroxylation sites is 1. The number of aromatic amines is 1. The molecular formula is C13H19BN2O2. The Kier molecular flexibility index (Phi) is 3.46. The number of benzene rings is 1. The number of nitrogens with zero attached hydrogens (tertiary/aromatic N) is 1. The van der Waals surface area contributed by atoms with Crippen molar-refractivity contribution in [2.75, 3.05) is 0 Å². The number of rotatable bonds is 0. The van der Waals surface area contributed by atoms with Crippen LogP contribution in [0.4, 0.5) is 0 Å². The highest BCUT2D eigenvalue weighted by Crippen LogP contribution is 2.33. The molecule has 2 heterocycles. The van der Waals surface area contributed by atoms with Crippen LogP contribution >= 0.6 is 0 Å². The highest BCUT2D eigenvalue weighted by molar-refractivity contribution is 6.19. The van der Waals surface area contributed by atoms with Crippen LogP contribution < -0.4 is 0 Å². The highest BCUT2D eigenvalue weighted by atomic mass is 16.7. The molecule has 96 valence electrons. The van der Waals surface area contributed by atoms with Crippen molar-refractivity contribution in [2.45, 2.75) is 38.9 Å². The Bertz CT molecular complexity index is 478. The first kappa shape index (κ1) is 13.1. The minimum absolute atomic E-state index is 0.132. The Morgan fingerprint density at radius 3 is 2.17 bits per heavy atom. The van der Waals surface area contributed by atoms with Gasteiger partial charge >= 0.3 is 7.69 Å². The summed E-state index contributed by atoms with van der Waals surface area (Å²) in [5.74, 6) is 0. The van der Waals surface area contributed by atoms with Crippen molar-refractivity contribution >= 4 is 18.6 Å². The lowest BCUT2D eigenvalue weighted by molar-refractivity contribution is 0.00578. The molecule has 0 atom stereocenters. The highest BCUT2D eigenvalue weighted by Gasteiger charge is 2.44. The standard InChI is InChI=1S/C7H6N2.C6H13BO2/c1-2-4-7-6(3-1)5-8-9-7;1-5(2)6(3,4)9-7-8-5/h1-5H,(H,8,9);7H,1-4H3. The van der Waals surface area contributed by atoms with E-state index in [1.165, 1.54) is 0 Å². The first-order valence-electron chi connectivity index (χ1n) is 6.08. The predicted molar refractivity (Wildman–Crippen MR) is 73.6 cm³/mol. The third kappa shape index (κ3) is 2.57. The fraction of sp³-hybridized carbons (Fsp3) is 0.462. The van der Waals surface area contributed by atoms with Crippen molar-refractivity contribution in [3.63, 3.8) is 0 Å². The predicted octanol–water partition coefficient (Wildman–Crippen LogP) is 2.42. The maximum Gasteiger partial charge on any atom is 0.439 e. The lowest BCUT2D eigenvalue weighted by atomic mass is 9.90. The minimum Gasteiger partial charge on any atom is -0.406 e. The molecule has 3 rings (SSSR count). The van der Waals surface area contributed by atoms with Crippen LogP contribution in [0.5, 0.6) is 0 Å². The summed E-state index contributed by atoms with van der Waals surface area (Å²) in [4.78, 5) is 0. The first-order chi connectivity index (χ1) is 8.42. The van der Waals surface area contributed by atoms with Crippen LogP contribution in [0.3, 0.4) is 0 Å². The molecule has 18 heavy (non-hydrogen) atoms. The Morgan fingerprint density at radius 1 is 1.06 bits per heavy atom. The van der Waals surface area contributed by atoms with Gasteiger partial charge < -0.3 is 9.31 Å². The largest absolute Gasteiger partial charge is 0.439 e. The Morgan fingerprint density at radius 2 is 1.67 bits per heavy atom. The van der Waals surface area contributed by atoms with E-state index < -0.39 is 0 Å². The van der Waals surface area contributed by atoms with Crippen LogP contribution in [-0.4, -0.2) is 29.1 Å². The van der Waals surface area contributed by atoms with Crippen LogP contribution in [0, 0.1) is 0 Å². The van der Waals surface area contributed by atoms with E-state index in [9.17, 15) is 0 Å². The second-order valence-corrected chi connectivity index (χ2v) is 5.38. The van der Waals surface area contributed by atoms with E-state index in [-0.39, 0.29) is 11.2 Å². The molecule has 1 fully saturated rings. The summed E-state index contributed by atoms with van der Waals surface area (Å²) in [7, 11) is 0.431. The van der Waals surface area contributed by atoms with Gasteiger partial charge in [0.15, 0.2) is 0 Å². The minimum atomic E-state index is -0.132. The van der Waals surface area contributed by atoms with Gasteiger partial charge in [0.1, 0.15) is 0 Å². The molecule has 0 saturated carbocycles. The summed E-state index contributed by atoms with van der Waals surface area (Å²) in [6, 6.07) is 8.01. The molecule has 1 saturated heterocycles. The zero-order valence-electron chi connectivity index (χ0n) is 11.4. The molecule has 2 aromatic rings. The molecule has 5 heteroatoms. The summed E-state index contributed by atoms with van der Waals surface area (Å²) in [5, 5.41) is 7.91. The lowest BCUT2D eigenvalue weighted by Gasteiger charge is -2.32. The van der Waals surface area contributed by atoms with E-state index in [1.807, 2.05) is 58.2 Å².